The first-order valence-electron chi connectivity index (χ1n) is 7.80. The van der Waals surface area contributed by atoms with Crippen molar-refractivity contribution >= 4 is 11.9 Å². The minimum atomic E-state index is -1.47. The van der Waals surface area contributed by atoms with Gasteiger partial charge in [-0.25, -0.2) is 0 Å². The standard InChI is InChI=1S/C18H27NO5/c1-17(2,3)23-12-9-7-11(8-10-12)14(19)13(15(20)21)16(22)24-18(4,5)6/h7-10,13-14H,19H2,1-6H3,(H,20,21). The van der Waals surface area contributed by atoms with Crippen LogP contribution in [0.3, 0.4) is 0 Å². The lowest BCUT2D eigenvalue weighted by Gasteiger charge is -2.25. The Hall–Kier alpha value is -2.08. The summed E-state index contributed by atoms with van der Waals surface area (Å²) in [6.45, 7) is 10.8. The van der Waals surface area contributed by atoms with Gasteiger partial charge in [-0.3, -0.25) is 9.59 Å². The minimum Gasteiger partial charge on any atom is -0.488 e. The molecular weight excluding hydrogens is 310 g/mol. The van der Waals surface area contributed by atoms with E-state index in [0.29, 0.717) is 11.3 Å². The third kappa shape index (κ3) is 6.20. The van der Waals surface area contributed by atoms with Gasteiger partial charge in [0.25, 0.3) is 0 Å². The van der Waals surface area contributed by atoms with Crippen LogP contribution in [0.4, 0.5) is 0 Å². The van der Waals surface area contributed by atoms with Crippen LogP contribution < -0.4 is 10.5 Å². The van der Waals surface area contributed by atoms with Gasteiger partial charge in [-0.05, 0) is 59.2 Å². The monoisotopic (exact) mass is 337 g/mol. The molecular formula is C18H27NO5. The second-order valence-corrected chi connectivity index (χ2v) is 7.66. The molecule has 0 spiro atoms. The fourth-order valence-corrected chi connectivity index (χ4v) is 2.07. The van der Waals surface area contributed by atoms with Crippen molar-refractivity contribution in [2.75, 3.05) is 0 Å². The van der Waals surface area contributed by atoms with Gasteiger partial charge in [0.15, 0.2) is 5.92 Å². The maximum Gasteiger partial charge on any atom is 0.322 e. The van der Waals surface area contributed by atoms with E-state index in [1.165, 1.54) is 0 Å². The highest BCUT2D eigenvalue weighted by Crippen LogP contribution is 2.26. The maximum absolute atomic E-state index is 12.2. The molecule has 24 heavy (non-hydrogen) atoms. The van der Waals surface area contributed by atoms with E-state index in [0.717, 1.165) is 0 Å². The summed E-state index contributed by atoms with van der Waals surface area (Å²) in [5, 5.41) is 9.37. The van der Waals surface area contributed by atoms with Gasteiger partial charge in [-0.15, -0.1) is 0 Å². The average Bonchev–Trinajstić information content (AvgIpc) is 2.34. The molecule has 3 N–H and O–H groups in total. The first kappa shape index (κ1) is 20.0. The van der Waals surface area contributed by atoms with Gasteiger partial charge in [-0.2, -0.15) is 0 Å². The van der Waals surface area contributed by atoms with Crippen LogP contribution in [-0.4, -0.2) is 28.2 Å². The molecule has 1 rings (SSSR count). The summed E-state index contributed by atoms with van der Waals surface area (Å²) in [4.78, 5) is 23.7. The zero-order valence-electron chi connectivity index (χ0n) is 15.1. The number of benzene rings is 1. The molecule has 0 heterocycles. The number of carbonyl (C=O) groups is 2. The van der Waals surface area contributed by atoms with Gasteiger partial charge < -0.3 is 20.3 Å². The quantitative estimate of drug-likeness (QED) is 0.633. The van der Waals surface area contributed by atoms with E-state index < -0.39 is 29.5 Å². The van der Waals surface area contributed by atoms with Crippen molar-refractivity contribution in [1.29, 1.82) is 0 Å². The van der Waals surface area contributed by atoms with Gasteiger partial charge in [0.05, 0.1) is 6.04 Å². The highest BCUT2D eigenvalue weighted by molar-refractivity contribution is 5.95. The largest absolute Gasteiger partial charge is 0.488 e. The lowest BCUT2D eigenvalue weighted by atomic mass is 9.93. The van der Waals surface area contributed by atoms with Crippen LogP contribution in [0.15, 0.2) is 24.3 Å². The van der Waals surface area contributed by atoms with Gasteiger partial charge in [0.2, 0.25) is 0 Å². The Kier molecular flexibility index (Phi) is 6.00. The van der Waals surface area contributed by atoms with E-state index in [1.54, 1.807) is 45.0 Å². The van der Waals surface area contributed by atoms with Crippen LogP contribution >= 0.6 is 0 Å². The number of carboxylic acids is 1. The molecule has 0 aliphatic rings. The zero-order chi connectivity index (χ0) is 18.7. The number of hydrogen-bond donors (Lipinski definition) is 2. The SMILES string of the molecule is CC(C)(C)OC(=O)C(C(=O)O)C(N)c1ccc(OC(C)(C)C)cc1. The molecule has 0 bridgehead atoms. The van der Waals surface area contributed by atoms with Crippen LogP contribution in [0, 0.1) is 5.92 Å². The number of ether oxygens (including phenoxy) is 2. The number of carboxylic acid groups (broad SMARTS) is 1. The molecule has 6 heteroatoms. The molecule has 2 atom stereocenters. The summed E-state index contributed by atoms with van der Waals surface area (Å²) in [6, 6.07) is 5.71. The number of carbonyl (C=O) groups excluding carboxylic acids is 1. The fraction of sp³-hybridized carbons (Fsp3) is 0.556. The molecule has 0 radical (unpaired) electrons. The van der Waals surface area contributed by atoms with Crippen molar-refractivity contribution in [3.8, 4) is 5.75 Å². The van der Waals surface area contributed by atoms with E-state index in [1.807, 2.05) is 20.8 Å². The Bertz CT molecular complexity index is 581. The summed E-state index contributed by atoms with van der Waals surface area (Å²) in [7, 11) is 0. The van der Waals surface area contributed by atoms with Crippen molar-refractivity contribution in [2.45, 2.75) is 58.8 Å². The number of aliphatic carboxylic acids is 1. The number of nitrogens with two attached hydrogens (primary N) is 1. The normalized spacial score (nSPS) is 14.6. The van der Waals surface area contributed by atoms with Crippen LogP contribution in [0.2, 0.25) is 0 Å². The highest BCUT2D eigenvalue weighted by atomic mass is 16.6. The molecule has 1 aromatic rings. The van der Waals surface area contributed by atoms with E-state index in [9.17, 15) is 14.7 Å². The molecule has 1 aromatic carbocycles. The minimum absolute atomic E-state index is 0.344. The maximum atomic E-state index is 12.2. The molecule has 0 aliphatic carbocycles. The third-order valence-electron chi connectivity index (χ3n) is 2.97. The predicted molar refractivity (Wildman–Crippen MR) is 90.7 cm³/mol. The van der Waals surface area contributed by atoms with Gasteiger partial charge >= 0.3 is 11.9 Å². The topological polar surface area (TPSA) is 98.9 Å². The van der Waals surface area contributed by atoms with Gasteiger partial charge in [0, 0.05) is 0 Å². The predicted octanol–water partition coefficient (Wildman–Crippen LogP) is 2.91. The fourth-order valence-electron chi connectivity index (χ4n) is 2.07. The van der Waals surface area contributed by atoms with Crippen molar-refractivity contribution in [3.63, 3.8) is 0 Å². The highest BCUT2D eigenvalue weighted by Gasteiger charge is 2.37. The first-order chi connectivity index (χ1) is 10.8. The molecule has 0 aromatic heterocycles. The van der Waals surface area contributed by atoms with Gasteiger partial charge in [-0.1, -0.05) is 12.1 Å². The van der Waals surface area contributed by atoms with Gasteiger partial charge in [0.1, 0.15) is 17.0 Å². The molecule has 0 saturated carbocycles. The second-order valence-electron chi connectivity index (χ2n) is 7.66. The molecule has 6 nitrogen and oxygen atoms in total. The van der Waals surface area contributed by atoms with Crippen LogP contribution in [0.25, 0.3) is 0 Å². The lowest BCUT2D eigenvalue weighted by Crippen LogP contribution is -2.39. The summed E-state index contributed by atoms with van der Waals surface area (Å²) in [5.74, 6) is -2.99. The Morgan fingerprint density at radius 3 is 1.88 bits per heavy atom. The molecule has 134 valence electrons. The van der Waals surface area contributed by atoms with E-state index in [-0.39, 0.29) is 5.60 Å². The van der Waals surface area contributed by atoms with Crippen molar-refractivity contribution in [2.24, 2.45) is 11.7 Å². The molecule has 0 fully saturated rings. The number of esters is 1. The summed E-state index contributed by atoms with van der Waals surface area (Å²) in [6.07, 6.45) is 0. The average molecular weight is 337 g/mol. The summed E-state index contributed by atoms with van der Waals surface area (Å²) < 4.78 is 10.9. The Morgan fingerprint density at radius 1 is 1.00 bits per heavy atom. The zero-order valence-corrected chi connectivity index (χ0v) is 15.1. The second kappa shape index (κ2) is 7.21. The van der Waals surface area contributed by atoms with Crippen LogP contribution in [0.1, 0.15) is 53.1 Å². The lowest BCUT2D eigenvalue weighted by molar-refractivity contribution is -0.167. The third-order valence-corrected chi connectivity index (χ3v) is 2.97. The Balaban J connectivity index is 2.97. The van der Waals surface area contributed by atoms with Crippen molar-refractivity contribution < 1.29 is 24.2 Å². The molecule has 0 saturated heterocycles. The summed E-state index contributed by atoms with van der Waals surface area (Å²) >= 11 is 0. The van der Waals surface area contributed by atoms with E-state index in [4.69, 9.17) is 15.2 Å². The van der Waals surface area contributed by atoms with E-state index >= 15 is 0 Å². The summed E-state index contributed by atoms with van der Waals surface area (Å²) in [5.41, 5.74) is 5.41. The smallest absolute Gasteiger partial charge is 0.322 e. The van der Waals surface area contributed by atoms with Crippen LogP contribution in [-0.2, 0) is 14.3 Å². The van der Waals surface area contributed by atoms with Crippen molar-refractivity contribution in [1.82, 2.24) is 0 Å². The number of rotatable bonds is 5. The molecule has 0 aliphatic heterocycles. The molecule has 2 unspecified atom stereocenters. The van der Waals surface area contributed by atoms with E-state index in [2.05, 4.69) is 0 Å². The number of hydrogen-bond acceptors (Lipinski definition) is 5. The Morgan fingerprint density at radius 2 is 1.50 bits per heavy atom. The molecule has 0 amide bonds. The van der Waals surface area contributed by atoms with Crippen LogP contribution in [0.5, 0.6) is 5.75 Å². The van der Waals surface area contributed by atoms with Crippen molar-refractivity contribution in [3.05, 3.63) is 29.8 Å². The Labute approximate surface area is 142 Å². The first-order valence-corrected chi connectivity index (χ1v) is 7.80.